The van der Waals surface area contributed by atoms with Crippen molar-refractivity contribution >= 4 is 5.91 Å². The maximum Gasteiger partial charge on any atom is 0.237 e. The summed E-state index contributed by atoms with van der Waals surface area (Å²) in [5.41, 5.74) is 1.17. The highest BCUT2D eigenvalue weighted by atomic mass is 16.5. The highest BCUT2D eigenvalue weighted by Crippen LogP contribution is 2.33. The van der Waals surface area contributed by atoms with Crippen molar-refractivity contribution in [2.24, 2.45) is 0 Å². The predicted octanol–water partition coefficient (Wildman–Crippen LogP) is 2.36. The number of methoxy groups -OCH3 is 1. The fraction of sp³-hybridized carbons (Fsp3) is 0.562. The summed E-state index contributed by atoms with van der Waals surface area (Å²) in [5.74, 6) is 1.05. The molecular formula is C16H24N2O2. The van der Waals surface area contributed by atoms with Gasteiger partial charge in [0.15, 0.2) is 0 Å². The highest BCUT2D eigenvalue weighted by Gasteiger charge is 2.29. The molecule has 0 radical (unpaired) electrons. The molecule has 1 aliphatic heterocycles. The van der Waals surface area contributed by atoms with Gasteiger partial charge in [-0.1, -0.05) is 19.1 Å². The molecule has 2 rings (SSSR count). The second-order valence-corrected chi connectivity index (χ2v) is 5.20. The lowest BCUT2D eigenvalue weighted by atomic mass is 10.0. The zero-order valence-corrected chi connectivity index (χ0v) is 12.4. The van der Waals surface area contributed by atoms with Gasteiger partial charge in [0, 0.05) is 6.54 Å². The first-order valence-corrected chi connectivity index (χ1v) is 7.40. The Morgan fingerprint density at radius 1 is 1.50 bits per heavy atom. The van der Waals surface area contributed by atoms with Gasteiger partial charge in [-0.2, -0.15) is 0 Å². The quantitative estimate of drug-likeness (QED) is 0.811. The number of ether oxygens (including phenoxy) is 1. The molecule has 1 amide bonds. The number of benzene rings is 1. The molecule has 20 heavy (non-hydrogen) atoms. The Morgan fingerprint density at radius 2 is 2.35 bits per heavy atom. The summed E-state index contributed by atoms with van der Waals surface area (Å²) < 4.78 is 5.27. The highest BCUT2D eigenvalue weighted by molar-refractivity contribution is 5.79. The summed E-state index contributed by atoms with van der Waals surface area (Å²) >= 11 is 0. The summed E-state index contributed by atoms with van der Waals surface area (Å²) in [5, 5.41) is 3.19. The number of carbonyl (C=O) groups excluding carboxylic acids is 1. The van der Waals surface area contributed by atoms with Gasteiger partial charge < -0.3 is 15.0 Å². The molecule has 1 aromatic rings. The molecule has 0 spiro atoms. The Hall–Kier alpha value is -1.55. The van der Waals surface area contributed by atoms with E-state index in [1.165, 1.54) is 5.56 Å². The lowest BCUT2D eigenvalue weighted by Gasteiger charge is -2.25. The molecule has 1 saturated heterocycles. The van der Waals surface area contributed by atoms with E-state index in [2.05, 4.69) is 18.3 Å². The van der Waals surface area contributed by atoms with Gasteiger partial charge in [0.05, 0.1) is 19.7 Å². The van der Waals surface area contributed by atoms with Crippen molar-refractivity contribution in [1.82, 2.24) is 10.2 Å². The molecule has 0 bridgehead atoms. The first-order chi connectivity index (χ1) is 9.76. The third kappa shape index (κ3) is 3.51. The number of hydrogen-bond acceptors (Lipinski definition) is 3. The first-order valence-electron chi connectivity index (χ1n) is 7.40. The molecule has 4 heteroatoms. The van der Waals surface area contributed by atoms with Gasteiger partial charge in [-0.05, 0) is 43.5 Å². The van der Waals surface area contributed by atoms with E-state index in [0.717, 1.165) is 38.1 Å². The van der Waals surface area contributed by atoms with Gasteiger partial charge in [-0.3, -0.25) is 4.79 Å². The van der Waals surface area contributed by atoms with Crippen LogP contribution in [-0.2, 0) is 4.79 Å². The number of nitrogens with one attached hydrogen (secondary N) is 1. The summed E-state index contributed by atoms with van der Waals surface area (Å²) in [6, 6.07) is 8.24. The van der Waals surface area contributed by atoms with Crippen molar-refractivity contribution in [2.45, 2.75) is 32.2 Å². The van der Waals surface area contributed by atoms with E-state index >= 15 is 0 Å². The maximum absolute atomic E-state index is 12.3. The fourth-order valence-corrected chi connectivity index (χ4v) is 2.73. The molecule has 0 saturated carbocycles. The number of likely N-dealkylation sites (tertiary alicyclic amines) is 1. The first kappa shape index (κ1) is 14.9. The molecule has 0 aliphatic carbocycles. The zero-order valence-electron chi connectivity index (χ0n) is 12.4. The minimum atomic E-state index is 0.195. The molecule has 1 aliphatic rings. The van der Waals surface area contributed by atoms with Crippen molar-refractivity contribution in [2.75, 3.05) is 26.7 Å². The van der Waals surface area contributed by atoms with E-state index < -0.39 is 0 Å². The summed E-state index contributed by atoms with van der Waals surface area (Å²) in [7, 11) is 1.67. The lowest BCUT2D eigenvalue weighted by molar-refractivity contribution is -0.131. The van der Waals surface area contributed by atoms with Crippen molar-refractivity contribution in [1.29, 1.82) is 0 Å². The molecule has 1 atom stereocenters. The van der Waals surface area contributed by atoms with Crippen LogP contribution in [0.15, 0.2) is 24.3 Å². The average molecular weight is 276 g/mol. The molecule has 110 valence electrons. The second kappa shape index (κ2) is 7.29. The van der Waals surface area contributed by atoms with Gasteiger partial charge >= 0.3 is 0 Å². The van der Waals surface area contributed by atoms with Gasteiger partial charge in [0.1, 0.15) is 5.75 Å². The topological polar surface area (TPSA) is 41.6 Å². The van der Waals surface area contributed by atoms with Crippen molar-refractivity contribution in [3.05, 3.63) is 29.8 Å². The maximum atomic E-state index is 12.3. The largest absolute Gasteiger partial charge is 0.497 e. The van der Waals surface area contributed by atoms with Crippen LogP contribution in [-0.4, -0.2) is 37.6 Å². The molecule has 0 aromatic heterocycles. The van der Waals surface area contributed by atoms with E-state index in [0.29, 0.717) is 6.54 Å². The second-order valence-electron chi connectivity index (χ2n) is 5.20. The number of nitrogens with zero attached hydrogens (tertiary/aromatic N) is 1. The minimum Gasteiger partial charge on any atom is -0.497 e. The number of rotatable bonds is 6. The lowest BCUT2D eigenvalue weighted by Crippen LogP contribution is -2.38. The van der Waals surface area contributed by atoms with Gasteiger partial charge in [0.2, 0.25) is 5.91 Å². The Bertz CT molecular complexity index is 448. The van der Waals surface area contributed by atoms with Crippen LogP contribution < -0.4 is 10.1 Å². The third-order valence-electron chi connectivity index (χ3n) is 3.75. The van der Waals surface area contributed by atoms with Crippen LogP contribution in [0, 0.1) is 0 Å². The van der Waals surface area contributed by atoms with Crippen LogP contribution in [0.25, 0.3) is 0 Å². The smallest absolute Gasteiger partial charge is 0.237 e. The third-order valence-corrected chi connectivity index (χ3v) is 3.75. The molecule has 1 heterocycles. The Kier molecular flexibility index (Phi) is 5.41. The summed E-state index contributed by atoms with van der Waals surface area (Å²) in [6.07, 6.45) is 3.15. The summed E-state index contributed by atoms with van der Waals surface area (Å²) in [6.45, 7) is 4.29. The van der Waals surface area contributed by atoms with E-state index in [9.17, 15) is 4.79 Å². The van der Waals surface area contributed by atoms with E-state index in [1.54, 1.807) is 7.11 Å². The van der Waals surface area contributed by atoms with Crippen molar-refractivity contribution in [3.8, 4) is 5.75 Å². The SMILES string of the molecule is CCCNCC(=O)N1CCCC1c1cccc(OC)c1. The molecule has 1 unspecified atom stereocenters. The van der Waals surface area contributed by atoms with Crippen molar-refractivity contribution < 1.29 is 9.53 Å². The molecule has 1 fully saturated rings. The fourth-order valence-electron chi connectivity index (χ4n) is 2.73. The standard InChI is InChI=1S/C16H24N2O2/c1-3-9-17-12-16(19)18-10-5-8-15(18)13-6-4-7-14(11-13)20-2/h4,6-7,11,15,17H,3,5,8-10,12H2,1-2H3. The Balaban J connectivity index is 2.04. The van der Waals surface area contributed by atoms with Crippen LogP contribution in [0.1, 0.15) is 37.8 Å². The van der Waals surface area contributed by atoms with Gasteiger partial charge in [-0.15, -0.1) is 0 Å². The van der Waals surface area contributed by atoms with Crippen LogP contribution in [0.3, 0.4) is 0 Å². The van der Waals surface area contributed by atoms with Crippen LogP contribution in [0.5, 0.6) is 5.75 Å². The van der Waals surface area contributed by atoms with Gasteiger partial charge in [-0.25, -0.2) is 0 Å². The van der Waals surface area contributed by atoms with Crippen molar-refractivity contribution in [3.63, 3.8) is 0 Å². The Labute approximate surface area is 121 Å². The van der Waals surface area contributed by atoms with E-state index in [1.807, 2.05) is 23.1 Å². The van der Waals surface area contributed by atoms with Crippen LogP contribution >= 0.6 is 0 Å². The van der Waals surface area contributed by atoms with E-state index in [-0.39, 0.29) is 11.9 Å². The zero-order chi connectivity index (χ0) is 14.4. The molecule has 1 aromatic carbocycles. The molecule has 4 nitrogen and oxygen atoms in total. The summed E-state index contributed by atoms with van der Waals surface area (Å²) in [4.78, 5) is 14.3. The monoisotopic (exact) mass is 276 g/mol. The normalized spacial score (nSPS) is 18.3. The Morgan fingerprint density at radius 3 is 3.10 bits per heavy atom. The minimum absolute atomic E-state index is 0.195. The molecule has 1 N–H and O–H groups in total. The average Bonchev–Trinajstić information content (AvgIpc) is 2.97. The number of carbonyl (C=O) groups is 1. The molecular weight excluding hydrogens is 252 g/mol. The predicted molar refractivity (Wildman–Crippen MR) is 79.8 cm³/mol. The number of amides is 1. The van der Waals surface area contributed by atoms with Crippen LogP contribution in [0.4, 0.5) is 0 Å². The van der Waals surface area contributed by atoms with E-state index in [4.69, 9.17) is 4.74 Å². The van der Waals surface area contributed by atoms with Crippen LogP contribution in [0.2, 0.25) is 0 Å². The number of hydrogen-bond donors (Lipinski definition) is 1. The van der Waals surface area contributed by atoms with Gasteiger partial charge in [0.25, 0.3) is 0 Å².